The van der Waals surface area contributed by atoms with Gasteiger partial charge in [0.25, 0.3) is 5.91 Å². The van der Waals surface area contributed by atoms with Crippen LogP contribution in [0.3, 0.4) is 0 Å². The van der Waals surface area contributed by atoms with Crippen LogP contribution in [0.15, 0.2) is 67.1 Å². The third-order valence-corrected chi connectivity index (χ3v) is 4.18. The first kappa shape index (κ1) is 15.1. The molecular formula is C18H16N6O. The number of amides is 1. The van der Waals surface area contributed by atoms with Gasteiger partial charge in [0, 0.05) is 24.1 Å². The van der Waals surface area contributed by atoms with Crippen molar-refractivity contribution < 1.29 is 4.79 Å². The summed E-state index contributed by atoms with van der Waals surface area (Å²) < 4.78 is 3.47. The summed E-state index contributed by atoms with van der Waals surface area (Å²) in [5.41, 5.74) is 2.63. The Kier molecular flexibility index (Phi) is 3.74. The van der Waals surface area contributed by atoms with Crippen LogP contribution in [0.25, 0.3) is 10.9 Å². The van der Waals surface area contributed by atoms with Crippen molar-refractivity contribution in [2.45, 2.75) is 6.04 Å². The Bertz CT molecular complexity index is 1010. The Hall–Kier alpha value is -3.48. The van der Waals surface area contributed by atoms with Crippen molar-refractivity contribution in [1.29, 1.82) is 0 Å². The minimum atomic E-state index is -0.643. The number of hydrogen-bond acceptors (Lipinski definition) is 4. The van der Waals surface area contributed by atoms with E-state index in [-0.39, 0.29) is 5.91 Å². The lowest BCUT2D eigenvalue weighted by molar-refractivity contribution is -0.118. The summed E-state index contributed by atoms with van der Waals surface area (Å²) in [5, 5.41) is 15.2. The Morgan fingerprint density at radius 1 is 1.08 bits per heavy atom. The highest BCUT2D eigenvalue weighted by atomic mass is 16.2. The highest BCUT2D eigenvalue weighted by Crippen LogP contribution is 2.26. The fourth-order valence-electron chi connectivity index (χ4n) is 2.96. The van der Waals surface area contributed by atoms with Gasteiger partial charge in [0.05, 0.1) is 5.69 Å². The van der Waals surface area contributed by atoms with Gasteiger partial charge in [0.2, 0.25) is 0 Å². The maximum atomic E-state index is 13.0. The van der Waals surface area contributed by atoms with Gasteiger partial charge in [-0.2, -0.15) is 0 Å². The van der Waals surface area contributed by atoms with Crippen molar-refractivity contribution >= 4 is 22.5 Å². The number of rotatable bonds is 4. The standard InChI is InChI=1S/C18H16N6O/c1-23-11-10-14-15(8-5-9-16(14)23)20-18(25)17(24-12-19-21-22-24)13-6-3-2-4-7-13/h2-12,17H,1H3,(H,20,25)/t17-/m0/s1. The minimum absolute atomic E-state index is 0.199. The molecule has 0 bridgehead atoms. The van der Waals surface area contributed by atoms with E-state index in [1.165, 1.54) is 11.0 Å². The smallest absolute Gasteiger partial charge is 0.253 e. The van der Waals surface area contributed by atoms with Gasteiger partial charge in [0.1, 0.15) is 6.33 Å². The summed E-state index contributed by atoms with van der Waals surface area (Å²) >= 11 is 0. The predicted octanol–water partition coefficient (Wildman–Crippen LogP) is 2.39. The molecule has 1 N–H and O–H groups in total. The number of nitrogens with one attached hydrogen (secondary N) is 1. The van der Waals surface area contributed by atoms with Gasteiger partial charge in [0.15, 0.2) is 6.04 Å². The maximum absolute atomic E-state index is 13.0. The molecule has 0 fully saturated rings. The first-order chi connectivity index (χ1) is 12.2. The van der Waals surface area contributed by atoms with E-state index in [4.69, 9.17) is 0 Å². The molecule has 1 atom stereocenters. The normalized spacial score (nSPS) is 12.2. The van der Waals surface area contributed by atoms with Crippen molar-refractivity contribution in [3.63, 3.8) is 0 Å². The number of carbonyl (C=O) groups excluding carboxylic acids is 1. The summed E-state index contributed by atoms with van der Waals surface area (Å²) in [6.07, 6.45) is 3.41. The molecule has 0 aliphatic carbocycles. The van der Waals surface area contributed by atoms with Gasteiger partial charge in [-0.3, -0.25) is 4.79 Å². The predicted molar refractivity (Wildman–Crippen MR) is 93.9 cm³/mol. The largest absolute Gasteiger partial charge is 0.350 e. The van der Waals surface area contributed by atoms with Crippen molar-refractivity contribution in [2.24, 2.45) is 7.05 Å². The molecule has 0 radical (unpaired) electrons. The van der Waals surface area contributed by atoms with Crippen molar-refractivity contribution in [3.05, 3.63) is 72.7 Å². The van der Waals surface area contributed by atoms with Crippen LogP contribution in [0.2, 0.25) is 0 Å². The molecule has 1 amide bonds. The number of nitrogens with zero attached hydrogens (tertiary/aromatic N) is 5. The molecule has 4 aromatic rings. The van der Waals surface area contributed by atoms with Crippen molar-refractivity contribution in [3.8, 4) is 0 Å². The molecular weight excluding hydrogens is 316 g/mol. The molecule has 2 aromatic carbocycles. The molecule has 124 valence electrons. The lowest BCUT2D eigenvalue weighted by Crippen LogP contribution is -2.27. The van der Waals surface area contributed by atoms with E-state index in [2.05, 4.69) is 20.8 Å². The van der Waals surface area contributed by atoms with E-state index in [0.717, 1.165) is 22.2 Å². The molecule has 4 rings (SSSR count). The topological polar surface area (TPSA) is 77.6 Å². The van der Waals surface area contributed by atoms with Gasteiger partial charge in [-0.15, -0.1) is 5.10 Å². The molecule has 0 aliphatic rings. The molecule has 7 nitrogen and oxygen atoms in total. The monoisotopic (exact) mass is 332 g/mol. The SMILES string of the molecule is Cn1ccc2c(NC(=O)[C@H](c3ccccc3)n3cnnn3)cccc21. The van der Waals surface area contributed by atoms with Crippen LogP contribution < -0.4 is 5.32 Å². The lowest BCUT2D eigenvalue weighted by atomic mass is 10.1. The fraction of sp³-hybridized carbons (Fsp3) is 0.111. The molecule has 7 heteroatoms. The van der Waals surface area contributed by atoms with Crippen LogP contribution in [0, 0.1) is 0 Å². The molecule has 2 aromatic heterocycles. The van der Waals surface area contributed by atoms with Crippen LogP contribution in [-0.4, -0.2) is 30.7 Å². The van der Waals surface area contributed by atoms with Gasteiger partial charge in [-0.25, -0.2) is 4.68 Å². The number of aromatic nitrogens is 5. The Balaban J connectivity index is 1.72. The Labute approximate surface area is 143 Å². The molecule has 0 saturated carbocycles. The zero-order valence-electron chi connectivity index (χ0n) is 13.6. The zero-order valence-corrected chi connectivity index (χ0v) is 13.6. The van der Waals surface area contributed by atoms with Crippen LogP contribution in [0.1, 0.15) is 11.6 Å². The van der Waals surface area contributed by atoms with E-state index < -0.39 is 6.04 Å². The van der Waals surface area contributed by atoms with Gasteiger partial charge in [-0.1, -0.05) is 36.4 Å². The molecule has 0 saturated heterocycles. The fourth-order valence-corrected chi connectivity index (χ4v) is 2.96. The average Bonchev–Trinajstić information content (AvgIpc) is 3.28. The van der Waals surface area contributed by atoms with E-state index in [1.807, 2.05) is 72.4 Å². The zero-order chi connectivity index (χ0) is 17.2. The van der Waals surface area contributed by atoms with Crippen molar-refractivity contribution in [1.82, 2.24) is 24.8 Å². The second-order valence-electron chi connectivity index (χ2n) is 5.76. The van der Waals surface area contributed by atoms with Crippen LogP contribution in [0.5, 0.6) is 0 Å². The van der Waals surface area contributed by atoms with E-state index in [1.54, 1.807) is 0 Å². The van der Waals surface area contributed by atoms with Gasteiger partial charge >= 0.3 is 0 Å². The van der Waals surface area contributed by atoms with E-state index in [9.17, 15) is 4.79 Å². The molecule has 0 unspecified atom stereocenters. The quantitative estimate of drug-likeness (QED) is 0.622. The molecule has 25 heavy (non-hydrogen) atoms. The molecule has 0 aliphatic heterocycles. The maximum Gasteiger partial charge on any atom is 0.253 e. The number of hydrogen-bond donors (Lipinski definition) is 1. The third kappa shape index (κ3) is 2.76. The average molecular weight is 332 g/mol. The number of benzene rings is 2. The number of aryl methyl sites for hydroxylation is 1. The van der Waals surface area contributed by atoms with Crippen LogP contribution in [-0.2, 0) is 11.8 Å². The van der Waals surface area contributed by atoms with E-state index in [0.29, 0.717) is 0 Å². The number of carbonyl (C=O) groups is 1. The Morgan fingerprint density at radius 2 is 1.92 bits per heavy atom. The summed E-state index contributed by atoms with van der Waals surface area (Å²) in [4.78, 5) is 13.0. The first-order valence-electron chi connectivity index (χ1n) is 7.86. The number of anilines is 1. The molecule has 0 spiro atoms. The van der Waals surface area contributed by atoms with E-state index >= 15 is 0 Å². The molecule has 2 heterocycles. The van der Waals surface area contributed by atoms with Crippen LogP contribution >= 0.6 is 0 Å². The number of fused-ring (bicyclic) bond motifs is 1. The van der Waals surface area contributed by atoms with Gasteiger partial charge < -0.3 is 9.88 Å². The summed E-state index contributed by atoms with van der Waals surface area (Å²) in [7, 11) is 1.97. The van der Waals surface area contributed by atoms with Crippen molar-refractivity contribution in [2.75, 3.05) is 5.32 Å². The summed E-state index contributed by atoms with van der Waals surface area (Å²) in [5.74, 6) is -0.199. The summed E-state index contributed by atoms with van der Waals surface area (Å²) in [6, 6.07) is 16.6. The lowest BCUT2D eigenvalue weighted by Gasteiger charge is -2.17. The van der Waals surface area contributed by atoms with Gasteiger partial charge in [-0.05, 0) is 34.2 Å². The first-order valence-corrected chi connectivity index (χ1v) is 7.86. The summed E-state index contributed by atoms with van der Waals surface area (Å²) in [6.45, 7) is 0. The highest BCUT2D eigenvalue weighted by molar-refractivity contribution is 6.03. The van der Waals surface area contributed by atoms with Crippen LogP contribution in [0.4, 0.5) is 5.69 Å². The third-order valence-electron chi connectivity index (χ3n) is 4.18. The second-order valence-corrected chi connectivity index (χ2v) is 5.76. The second kappa shape index (κ2) is 6.20. The highest BCUT2D eigenvalue weighted by Gasteiger charge is 2.24. The minimum Gasteiger partial charge on any atom is -0.350 e. The Morgan fingerprint density at radius 3 is 2.68 bits per heavy atom. The number of tetrazole rings is 1.